The quantitative estimate of drug-likeness (QED) is 0.902. The summed E-state index contributed by atoms with van der Waals surface area (Å²) in [4.78, 5) is 19.6. The van der Waals surface area contributed by atoms with E-state index in [4.69, 9.17) is 5.26 Å². The van der Waals surface area contributed by atoms with E-state index in [0.29, 0.717) is 17.2 Å². The highest BCUT2D eigenvalue weighted by Crippen LogP contribution is 2.40. The zero-order chi connectivity index (χ0) is 14.8. The topological polar surface area (TPSA) is 81.6 Å². The number of nitrogens with one attached hydrogen (secondary N) is 2. The molecule has 0 unspecified atom stereocenters. The molecule has 1 aliphatic carbocycles. The summed E-state index contributed by atoms with van der Waals surface area (Å²) < 4.78 is 0. The van der Waals surface area contributed by atoms with Crippen molar-refractivity contribution in [3.8, 4) is 6.07 Å². The van der Waals surface area contributed by atoms with Gasteiger partial charge in [-0.3, -0.25) is 9.78 Å². The van der Waals surface area contributed by atoms with Gasteiger partial charge < -0.3 is 10.3 Å². The fourth-order valence-corrected chi connectivity index (χ4v) is 2.41. The number of pyridine rings is 1. The average Bonchev–Trinajstić information content (AvgIpc) is 3.20. The van der Waals surface area contributed by atoms with Crippen molar-refractivity contribution in [3.63, 3.8) is 0 Å². The molecule has 3 rings (SSSR count). The van der Waals surface area contributed by atoms with Crippen molar-refractivity contribution in [2.24, 2.45) is 5.92 Å². The highest BCUT2D eigenvalue weighted by atomic mass is 16.1. The zero-order valence-corrected chi connectivity index (χ0v) is 11.8. The van der Waals surface area contributed by atoms with Crippen LogP contribution in [0.2, 0.25) is 0 Å². The first-order valence-corrected chi connectivity index (χ1v) is 7.00. The van der Waals surface area contributed by atoms with Gasteiger partial charge in [-0.2, -0.15) is 5.26 Å². The summed E-state index contributed by atoms with van der Waals surface area (Å²) >= 11 is 0. The zero-order valence-electron chi connectivity index (χ0n) is 11.8. The predicted octanol–water partition coefficient (Wildman–Crippen LogP) is 2.47. The molecular formula is C16H16N4O. The largest absolute Gasteiger partial charge is 0.356 e. The third-order valence-corrected chi connectivity index (χ3v) is 3.67. The van der Waals surface area contributed by atoms with Crippen LogP contribution in [-0.2, 0) is 0 Å². The van der Waals surface area contributed by atoms with E-state index in [0.717, 1.165) is 24.2 Å². The van der Waals surface area contributed by atoms with E-state index in [-0.39, 0.29) is 11.9 Å². The molecule has 0 bridgehead atoms. The molecule has 1 fully saturated rings. The first-order chi connectivity index (χ1) is 10.2. The van der Waals surface area contributed by atoms with Gasteiger partial charge in [-0.05, 0) is 43.9 Å². The molecular weight excluding hydrogens is 264 g/mol. The molecule has 0 aliphatic heterocycles. The molecule has 106 valence electrons. The highest BCUT2D eigenvalue weighted by molar-refractivity contribution is 5.93. The molecule has 5 nitrogen and oxygen atoms in total. The monoisotopic (exact) mass is 280 g/mol. The number of H-pyrrole nitrogens is 1. The number of aromatic amines is 1. The molecule has 1 atom stereocenters. The van der Waals surface area contributed by atoms with Gasteiger partial charge in [-0.1, -0.05) is 6.07 Å². The van der Waals surface area contributed by atoms with Gasteiger partial charge in [0.15, 0.2) is 0 Å². The Hall–Kier alpha value is -2.61. The van der Waals surface area contributed by atoms with Crippen LogP contribution < -0.4 is 5.32 Å². The van der Waals surface area contributed by atoms with Crippen molar-refractivity contribution in [1.29, 1.82) is 5.26 Å². The molecule has 1 amide bonds. The molecule has 0 radical (unpaired) electrons. The van der Waals surface area contributed by atoms with Gasteiger partial charge in [0.25, 0.3) is 5.91 Å². The second-order valence-corrected chi connectivity index (χ2v) is 5.41. The van der Waals surface area contributed by atoms with Crippen LogP contribution >= 0.6 is 0 Å². The summed E-state index contributed by atoms with van der Waals surface area (Å²) in [5.74, 6) is 0.255. The van der Waals surface area contributed by atoms with E-state index >= 15 is 0 Å². The van der Waals surface area contributed by atoms with E-state index in [9.17, 15) is 4.79 Å². The number of hydrogen-bond acceptors (Lipinski definition) is 3. The van der Waals surface area contributed by atoms with E-state index in [1.165, 1.54) is 6.20 Å². The second kappa shape index (κ2) is 5.41. The number of rotatable bonds is 4. The summed E-state index contributed by atoms with van der Waals surface area (Å²) in [7, 11) is 0. The van der Waals surface area contributed by atoms with Crippen molar-refractivity contribution in [2.45, 2.75) is 25.8 Å². The van der Waals surface area contributed by atoms with E-state index in [2.05, 4.69) is 15.3 Å². The number of carbonyl (C=O) groups excluding carboxylic acids is 1. The third kappa shape index (κ3) is 2.95. The summed E-state index contributed by atoms with van der Waals surface area (Å²) in [6.45, 7) is 1.94. The van der Waals surface area contributed by atoms with E-state index in [1.54, 1.807) is 6.07 Å². The Kier molecular flexibility index (Phi) is 3.44. The Morgan fingerprint density at radius 1 is 1.52 bits per heavy atom. The normalized spacial score (nSPS) is 15.2. The third-order valence-electron chi connectivity index (χ3n) is 3.67. The molecule has 0 saturated heterocycles. The lowest BCUT2D eigenvalue weighted by Gasteiger charge is -2.17. The van der Waals surface area contributed by atoms with Gasteiger partial charge in [0.1, 0.15) is 11.8 Å². The minimum absolute atomic E-state index is 0.0637. The Balaban J connectivity index is 1.79. The number of aromatic nitrogens is 2. The highest BCUT2D eigenvalue weighted by Gasteiger charge is 2.34. The predicted molar refractivity (Wildman–Crippen MR) is 77.4 cm³/mol. The number of amides is 1. The van der Waals surface area contributed by atoms with Gasteiger partial charge in [0, 0.05) is 11.9 Å². The summed E-state index contributed by atoms with van der Waals surface area (Å²) in [6.07, 6.45) is 3.75. The number of hydrogen-bond donors (Lipinski definition) is 2. The number of carbonyl (C=O) groups is 1. The molecule has 2 aromatic heterocycles. The lowest BCUT2D eigenvalue weighted by Crippen LogP contribution is -2.30. The van der Waals surface area contributed by atoms with Gasteiger partial charge in [-0.25, -0.2) is 0 Å². The SMILES string of the molecule is Cc1cccc([C@H](NC(=O)c2cc(C#N)c[nH]2)C2CC2)n1. The lowest BCUT2D eigenvalue weighted by atomic mass is 10.1. The minimum Gasteiger partial charge on any atom is -0.356 e. The standard InChI is InChI=1S/C16H16N4O/c1-10-3-2-4-13(19-10)15(12-5-6-12)20-16(21)14-7-11(8-17)9-18-14/h2-4,7,9,12,15,18H,5-6H2,1H3,(H,20,21)/t15-/m1/s1. The maximum atomic E-state index is 12.3. The second-order valence-electron chi connectivity index (χ2n) is 5.41. The Morgan fingerprint density at radius 3 is 2.95 bits per heavy atom. The van der Waals surface area contributed by atoms with Gasteiger partial charge in [-0.15, -0.1) is 0 Å². The van der Waals surface area contributed by atoms with Gasteiger partial charge >= 0.3 is 0 Å². The van der Waals surface area contributed by atoms with Crippen LogP contribution in [0.1, 0.15) is 46.3 Å². The Morgan fingerprint density at radius 2 is 2.33 bits per heavy atom. The molecule has 0 aromatic carbocycles. The maximum absolute atomic E-state index is 12.3. The summed E-state index contributed by atoms with van der Waals surface area (Å²) in [6, 6.07) is 9.35. The van der Waals surface area contributed by atoms with Crippen LogP contribution in [0.4, 0.5) is 0 Å². The molecule has 21 heavy (non-hydrogen) atoms. The minimum atomic E-state index is -0.197. The average molecular weight is 280 g/mol. The van der Waals surface area contributed by atoms with Crippen molar-refractivity contribution in [2.75, 3.05) is 0 Å². The van der Waals surface area contributed by atoms with Crippen LogP contribution in [-0.4, -0.2) is 15.9 Å². The molecule has 2 N–H and O–H groups in total. The van der Waals surface area contributed by atoms with Crippen LogP contribution in [0.25, 0.3) is 0 Å². The van der Waals surface area contributed by atoms with Gasteiger partial charge in [0.05, 0.1) is 17.3 Å². The molecule has 5 heteroatoms. The number of aryl methyl sites for hydroxylation is 1. The van der Waals surface area contributed by atoms with Crippen molar-refractivity contribution in [3.05, 3.63) is 53.1 Å². The van der Waals surface area contributed by atoms with Crippen LogP contribution in [0, 0.1) is 24.2 Å². The molecule has 0 spiro atoms. The first-order valence-electron chi connectivity index (χ1n) is 7.00. The van der Waals surface area contributed by atoms with Crippen LogP contribution in [0.15, 0.2) is 30.5 Å². The van der Waals surface area contributed by atoms with Crippen molar-refractivity contribution in [1.82, 2.24) is 15.3 Å². The van der Waals surface area contributed by atoms with Crippen LogP contribution in [0.5, 0.6) is 0 Å². The molecule has 2 aromatic rings. The smallest absolute Gasteiger partial charge is 0.268 e. The summed E-state index contributed by atoms with van der Waals surface area (Å²) in [5.41, 5.74) is 2.71. The molecule has 1 saturated carbocycles. The Labute approximate surface area is 123 Å². The first kappa shape index (κ1) is 13.4. The maximum Gasteiger partial charge on any atom is 0.268 e. The van der Waals surface area contributed by atoms with Gasteiger partial charge in [0.2, 0.25) is 0 Å². The molecule has 2 heterocycles. The molecule has 1 aliphatic rings. The van der Waals surface area contributed by atoms with Crippen molar-refractivity contribution < 1.29 is 4.79 Å². The fraction of sp³-hybridized carbons (Fsp3) is 0.312. The lowest BCUT2D eigenvalue weighted by molar-refractivity contribution is 0.0926. The summed E-state index contributed by atoms with van der Waals surface area (Å²) in [5, 5.41) is 11.8. The van der Waals surface area contributed by atoms with Crippen LogP contribution in [0.3, 0.4) is 0 Å². The number of nitriles is 1. The van der Waals surface area contributed by atoms with E-state index < -0.39 is 0 Å². The Bertz CT molecular complexity index is 709. The van der Waals surface area contributed by atoms with Crippen molar-refractivity contribution >= 4 is 5.91 Å². The fourth-order valence-electron chi connectivity index (χ4n) is 2.41. The van der Waals surface area contributed by atoms with E-state index in [1.807, 2.05) is 31.2 Å². The number of nitrogens with zero attached hydrogens (tertiary/aromatic N) is 2.